The Balaban J connectivity index is 2.09. The van der Waals surface area contributed by atoms with E-state index in [1.54, 1.807) is 6.07 Å². The van der Waals surface area contributed by atoms with Crippen LogP contribution in [0.3, 0.4) is 0 Å². The summed E-state index contributed by atoms with van der Waals surface area (Å²) >= 11 is 3.28. The molecule has 0 unspecified atom stereocenters. The molecule has 4 heteroatoms. The highest BCUT2D eigenvalue weighted by molar-refractivity contribution is 9.10. The molecule has 1 aliphatic carbocycles. The van der Waals surface area contributed by atoms with Crippen LogP contribution in [0.15, 0.2) is 22.7 Å². The molecule has 1 aliphatic rings. The molecular formula is C13H16BrF2N. The van der Waals surface area contributed by atoms with Crippen molar-refractivity contribution in [3.05, 3.63) is 34.1 Å². The number of rotatable bonds is 2. The zero-order chi connectivity index (χ0) is 12.5. The molecule has 0 amide bonds. The summed E-state index contributed by atoms with van der Waals surface area (Å²) in [6.07, 6.45) is 2.79. The fraction of sp³-hybridized carbons (Fsp3) is 0.538. The van der Waals surface area contributed by atoms with E-state index in [0.717, 1.165) is 18.4 Å². The van der Waals surface area contributed by atoms with Gasteiger partial charge in [-0.15, -0.1) is 0 Å². The van der Waals surface area contributed by atoms with Gasteiger partial charge in [-0.1, -0.05) is 22.0 Å². The highest BCUT2D eigenvalue weighted by atomic mass is 79.9. The van der Waals surface area contributed by atoms with Gasteiger partial charge in [-0.2, -0.15) is 0 Å². The van der Waals surface area contributed by atoms with Gasteiger partial charge in [0.2, 0.25) is 0 Å². The topological polar surface area (TPSA) is 26.0 Å². The van der Waals surface area contributed by atoms with Crippen molar-refractivity contribution in [3.63, 3.8) is 0 Å². The van der Waals surface area contributed by atoms with E-state index in [1.807, 2.05) is 0 Å². The smallest absolute Gasteiger partial charge is 0.124 e. The number of halogens is 3. The number of hydrogen-bond donors (Lipinski definition) is 1. The minimum Gasteiger partial charge on any atom is -0.328 e. The molecule has 94 valence electrons. The first-order valence-corrected chi connectivity index (χ1v) is 6.66. The van der Waals surface area contributed by atoms with Gasteiger partial charge in [0.15, 0.2) is 0 Å². The minimum atomic E-state index is -1.18. The lowest BCUT2D eigenvalue weighted by Gasteiger charge is -2.32. The molecule has 0 atom stereocenters. The first-order chi connectivity index (χ1) is 7.98. The fourth-order valence-corrected chi connectivity index (χ4v) is 2.83. The Morgan fingerprint density at radius 3 is 2.59 bits per heavy atom. The lowest BCUT2D eigenvalue weighted by molar-refractivity contribution is 0.0993. The summed E-state index contributed by atoms with van der Waals surface area (Å²) in [5, 5.41) is 0. The van der Waals surface area contributed by atoms with Crippen molar-refractivity contribution in [2.75, 3.05) is 0 Å². The summed E-state index contributed by atoms with van der Waals surface area (Å²) in [5.41, 5.74) is 5.41. The monoisotopic (exact) mass is 303 g/mol. The van der Waals surface area contributed by atoms with E-state index in [0.29, 0.717) is 23.7 Å². The largest absolute Gasteiger partial charge is 0.328 e. The molecule has 17 heavy (non-hydrogen) atoms. The number of benzene rings is 1. The molecule has 1 nitrogen and oxygen atoms in total. The predicted octanol–water partition coefficient (Wildman–Crippen LogP) is 3.74. The molecule has 1 aromatic carbocycles. The molecule has 2 N–H and O–H groups in total. The summed E-state index contributed by atoms with van der Waals surface area (Å²) in [7, 11) is 0. The van der Waals surface area contributed by atoms with Crippen molar-refractivity contribution in [1.29, 1.82) is 0 Å². The SMILES string of the molecule is NC1CCC(F)(Cc2ccc(F)cc2Br)CC1. The van der Waals surface area contributed by atoms with Crippen LogP contribution < -0.4 is 5.73 Å². The third-order valence-electron chi connectivity index (χ3n) is 3.45. The molecule has 2 rings (SSSR count). The van der Waals surface area contributed by atoms with Crippen LogP contribution in [0.4, 0.5) is 8.78 Å². The third-order valence-corrected chi connectivity index (χ3v) is 4.19. The van der Waals surface area contributed by atoms with Crippen molar-refractivity contribution in [2.45, 2.75) is 43.8 Å². The van der Waals surface area contributed by atoms with Gasteiger partial charge in [-0.3, -0.25) is 0 Å². The molecule has 0 heterocycles. The van der Waals surface area contributed by atoms with Crippen molar-refractivity contribution in [3.8, 4) is 0 Å². The number of nitrogens with two attached hydrogens (primary N) is 1. The minimum absolute atomic E-state index is 0.135. The van der Waals surface area contributed by atoms with Crippen LogP contribution in [-0.4, -0.2) is 11.7 Å². The average molecular weight is 304 g/mol. The van der Waals surface area contributed by atoms with Crippen molar-refractivity contribution < 1.29 is 8.78 Å². The summed E-state index contributed by atoms with van der Waals surface area (Å²) in [5.74, 6) is -0.306. The molecule has 0 bridgehead atoms. The Morgan fingerprint density at radius 2 is 2.00 bits per heavy atom. The highest BCUT2D eigenvalue weighted by Crippen LogP contribution is 2.36. The van der Waals surface area contributed by atoms with Crippen LogP contribution in [0, 0.1) is 5.82 Å². The molecular weight excluding hydrogens is 288 g/mol. The molecule has 1 fully saturated rings. The molecule has 0 spiro atoms. The zero-order valence-corrected chi connectivity index (χ0v) is 11.1. The Morgan fingerprint density at radius 1 is 1.35 bits per heavy atom. The normalized spacial score (nSPS) is 29.3. The second-order valence-corrected chi connectivity index (χ2v) is 5.76. The molecule has 0 radical (unpaired) electrons. The maximum absolute atomic E-state index is 14.5. The zero-order valence-electron chi connectivity index (χ0n) is 9.56. The molecule has 1 saturated carbocycles. The standard InChI is InChI=1S/C13H16BrF2N/c14-12-7-10(15)2-1-9(12)8-13(16)5-3-11(17)4-6-13/h1-2,7,11H,3-6,8,17H2. The summed E-state index contributed by atoms with van der Waals surface area (Å²) < 4.78 is 28.1. The van der Waals surface area contributed by atoms with Crippen molar-refractivity contribution in [2.24, 2.45) is 5.73 Å². The van der Waals surface area contributed by atoms with Crippen molar-refractivity contribution in [1.82, 2.24) is 0 Å². The Bertz CT molecular complexity index is 400. The maximum Gasteiger partial charge on any atom is 0.124 e. The van der Waals surface area contributed by atoms with Gasteiger partial charge in [0.25, 0.3) is 0 Å². The van der Waals surface area contributed by atoms with Gasteiger partial charge in [0, 0.05) is 16.9 Å². The van der Waals surface area contributed by atoms with Crippen LogP contribution in [0.25, 0.3) is 0 Å². The second-order valence-electron chi connectivity index (χ2n) is 4.90. The first-order valence-electron chi connectivity index (χ1n) is 5.87. The van der Waals surface area contributed by atoms with Gasteiger partial charge in [0.05, 0.1) is 0 Å². The van der Waals surface area contributed by atoms with E-state index < -0.39 is 5.67 Å². The van der Waals surface area contributed by atoms with Gasteiger partial charge >= 0.3 is 0 Å². The first kappa shape index (κ1) is 13.0. The molecule has 0 aliphatic heterocycles. The second kappa shape index (κ2) is 5.02. The van der Waals surface area contributed by atoms with Crippen LogP contribution in [0.2, 0.25) is 0 Å². The van der Waals surface area contributed by atoms with E-state index >= 15 is 0 Å². The summed E-state index contributed by atoms with van der Waals surface area (Å²) in [6, 6.07) is 4.54. The van der Waals surface area contributed by atoms with Crippen LogP contribution in [0.5, 0.6) is 0 Å². The van der Waals surface area contributed by atoms with Crippen LogP contribution in [0.1, 0.15) is 31.2 Å². The average Bonchev–Trinajstić information content (AvgIpc) is 2.27. The van der Waals surface area contributed by atoms with Gasteiger partial charge < -0.3 is 5.73 Å². The third kappa shape index (κ3) is 3.26. The van der Waals surface area contributed by atoms with Crippen molar-refractivity contribution >= 4 is 15.9 Å². The predicted molar refractivity (Wildman–Crippen MR) is 68.1 cm³/mol. The van der Waals surface area contributed by atoms with Crippen LogP contribution in [-0.2, 0) is 6.42 Å². The van der Waals surface area contributed by atoms with E-state index in [-0.39, 0.29) is 11.9 Å². The quantitative estimate of drug-likeness (QED) is 0.885. The number of alkyl halides is 1. The number of hydrogen-bond acceptors (Lipinski definition) is 1. The molecule has 0 saturated heterocycles. The fourth-order valence-electron chi connectivity index (χ4n) is 2.34. The Kier molecular flexibility index (Phi) is 3.83. The molecule has 1 aromatic rings. The van der Waals surface area contributed by atoms with Gasteiger partial charge in [0.1, 0.15) is 11.5 Å². The van der Waals surface area contributed by atoms with Gasteiger partial charge in [-0.05, 0) is 43.4 Å². The summed E-state index contributed by atoms with van der Waals surface area (Å²) in [4.78, 5) is 0. The Labute approximate surface area is 109 Å². The lowest BCUT2D eigenvalue weighted by Crippen LogP contribution is -2.37. The Hall–Kier alpha value is -0.480. The van der Waals surface area contributed by atoms with E-state index in [1.165, 1.54) is 12.1 Å². The van der Waals surface area contributed by atoms with E-state index in [2.05, 4.69) is 15.9 Å². The summed E-state index contributed by atoms with van der Waals surface area (Å²) in [6.45, 7) is 0. The van der Waals surface area contributed by atoms with E-state index in [9.17, 15) is 8.78 Å². The van der Waals surface area contributed by atoms with Crippen LogP contribution >= 0.6 is 15.9 Å². The molecule has 0 aromatic heterocycles. The highest BCUT2D eigenvalue weighted by Gasteiger charge is 2.34. The maximum atomic E-state index is 14.5. The van der Waals surface area contributed by atoms with E-state index in [4.69, 9.17) is 5.73 Å². The lowest BCUT2D eigenvalue weighted by atomic mass is 9.80. The van der Waals surface area contributed by atoms with Gasteiger partial charge in [-0.25, -0.2) is 8.78 Å².